The average molecular weight is 228 g/mol. The lowest BCUT2D eigenvalue weighted by Crippen LogP contribution is -2.38. The predicted octanol–water partition coefficient (Wildman–Crippen LogP) is 3.16. The molecule has 1 atom stereocenters. The van der Waals surface area contributed by atoms with Crippen LogP contribution in [-0.2, 0) is 6.42 Å². The van der Waals surface area contributed by atoms with Crippen molar-refractivity contribution in [1.29, 1.82) is 0 Å². The fourth-order valence-electron chi connectivity index (χ4n) is 2.21. The number of nitrogens with one attached hydrogen (secondary N) is 1. The maximum atomic E-state index is 13.2. The third-order valence-electron chi connectivity index (χ3n) is 3.04. The zero-order valence-corrected chi connectivity index (χ0v) is 9.57. The molecule has 0 aromatic heterocycles. The summed E-state index contributed by atoms with van der Waals surface area (Å²) in [6.07, 6.45) is 3.21. The fraction of sp³-hybridized carbons (Fsp3) is 0.500. The van der Waals surface area contributed by atoms with Crippen molar-refractivity contribution in [2.75, 3.05) is 6.54 Å². The minimum absolute atomic E-state index is 0.125. The Morgan fingerprint density at radius 3 is 2.93 bits per heavy atom. The summed E-state index contributed by atoms with van der Waals surface area (Å²) < 4.78 is 13.2. The van der Waals surface area contributed by atoms with E-state index >= 15 is 0 Å². The van der Waals surface area contributed by atoms with Gasteiger partial charge in [0.1, 0.15) is 5.82 Å². The zero-order valence-electron chi connectivity index (χ0n) is 8.82. The fourth-order valence-corrected chi connectivity index (χ4v) is 2.33. The third kappa shape index (κ3) is 2.50. The lowest BCUT2D eigenvalue weighted by molar-refractivity contribution is 0.412. The summed E-state index contributed by atoms with van der Waals surface area (Å²) in [7, 11) is 0. The van der Waals surface area contributed by atoms with Crippen molar-refractivity contribution in [2.24, 2.45) is 0 Å². The van der Waals surface area contributed by atoms with Crippen LogP contribution in [-0.4, -0.2) is 12.1 Å². The van der Waals surface area contributed by atoms with E-state index in [-0.39, 0.29) is 16.4 Å². The van der Waals surface area contributed by atoms with Gasteiger partial charge in [0.15, 0.2) is 0 Å². The Kier molecular flexibility index (Phi) is 2.98. The van der Waals surface area contributed by atoms with E-state index < -0.39 is 0 Å². The van der Waals surface area contributed by atoms with Crippen LogP contribution >= 0.6 is 11.6 Å². The van der Waals surface area contributed by atoms with Crippen LogP contribution in [0.5, 0.6) is 0 Å². The second-order valence-corrected chi connectivity index (χ2v) is 4.92. The quantitative estimate of drug-likeness (QED) is 0.819. The van der Waals surface area contributed by atoms with Gasteiger partial charge in [0.2, 0.25) is 0 Å². The van der Waals surface area contributed by atoms with Crippen molar-refractivity contribution in [3.05, 3.63) is 34.6 Å². The summed E-state index contributed by atoms with van der Waals surface area (Å²) >= 11 is 5.64. The van der Waals surface area contributed by atoms with E-state index in [4.69, 9.17) is 11.6 Å². The number of halogens is 2. The van der Waals surface area contributed by atoms with Crippen molar-refractivity contribution in [3.63, 3.8) is 0 Å². The van der Waals surface area contributed by atoms with Crippen LogP contribution in [0.2, 0.25) is 5.02 Å². The van der Waals surface area contributed by atoms with E-state index in [1.807, 2.05) is 6.07 Å². The lowest BCUT2D eigenvalue weighted by Gasteiger charge is -2.24. The molecule has 1 heterocycles. The Labute approximate surface area is 94.6 Å². The van der Waals surface area contributed by atoms with Crippen molar-refractivity contribution < 1.29 is 4.39 Å². The molecule has 1 fully saturated rings. The highest BCUT2D eigenvalue weighted by Crippen LogP contribution is 2.25. The van der Waals surface area contributed by atoms with E-state index in [2.05, 4.69) is 12.2 Å². The molecule has 0 unspecified atom stereocenters. The molecular formula is C12H15ClFN. The van der Waals surface area contributed by atoms with Gasteiger partial charge in [-0.3, -0.25) is 0 Å². The molecule has 0 radical (unpaired) electrons. The SMILES string of the molecule is C[C@]1(Cc2ccc(Cl)c(F)c2)CCCN1. The lowest BCUT2D eigenvalue weighted by atomic mass is 9.91. The van der Waals surface area contributed by atoms with Gasteiger partial charge in [-0.25, -0.2) is 4.39 Å². The largest absolute Gasteiger partial charge is 0.311 e. The second kappa shape index (κ2) is 4.11. The van der Waals surface area contributed by atoms with Gasteiger partial charge in [-0.15, -0.1) is 0 Å². The molecule has 1 nitrogen and oxygen atoms in total. The highest BCUT2D eigenvalue weighted by atomic mass is 35.5. The Morgan fingerprint density at radius 1 is 1.53 bits per heavy atom. The summed E-state index contributed by atoms with van der Waals surface area (Å²) in [5.41, 5.74) is 1.13. The van der Waals surface area contributed by atoms with Crippen LogP contribution < -0.4 is 5.32 Å². The molecule has 0 bridgehead atoms. The van der Waals surface area contributed by atoms with E-state index in [1.165, 1.54) is 12.5 Å². The Morgan fingerprint density at radius 2 is 2.33 bits per heavy atom. The number of rotatable bonds is 2. The first-order chi connectivity index (χ1) is 7.09. The van der Waals surface area contributed by atoms with E-state index in [0.29, 0.717) is 0 Å². The molecule has 0 saturated carbocycles. The predicted molar refractivity (Wildman–Crippen MR) is 60.8 cm³/mol. The van der Waals surface area contributed by atoms with Gasteiger partial charge in [0.25, 0.3) is 0 Å². The number of hydrogen-bond acceptors (Lipinski definition) is 1. The molecule has 1 aromatic rings. The van der Waals surface area contributed by atoms with Gasteiger partial charge in [-0.2, -0.15) is 0 Å². The minimum Gasteiger partial charge on any atom is -0.311 e. The minimum atomic E-state index is -0.323. The van der Waals surface area contributed by atoms with Crippen molar-refractivity contribution in [3.8, 4) is 0 Å². The molecule has 1 aromatic carbocycles. The molecule has 3 heteroatoms. The first kappa shape index (κ1) is 10.9. The Balaban J connectivity index is 2.13. The average Bonchev–Trinajstić information content (AvgIpc) is 2.59. The summed E-state index contributed by atoms with van der Waals surface area (Å²) in [5.74, 6) is -0.323. The van der Waals surface area contributed by atoms with Gasteiger partial charge >= 0.3 is 0 Å². The first-order valence-electron chi connectivity index (χ1n) is 5.28. The molecular weight excluding hydrogens is 213 g/mol. The van der Waals surface area contributed by atoms with Gasteiger partial charge in [-0.1, -0.05) is 17.7 Å². The monoisotopic (exact) mass is 227 g/mol. The zero-order chi connectivity index (χ0) is 10.9. The van der Waals surface area contributed by atoms with Gasteiger partial charge < -0.3 is 5.32 Å². The molecule has 1 aliphatic heterocycles. The van der Waals surface area contributed by atoms with Crippen molar-refractivity contribution in [1.82, 2.24) is 5.32 Å². The maximum absolute atomic E-state index is 13.2. The molecule has 1 saturated heterocycles. The van der Waals surface area contributed by atoms with Crippen LogP contribution in [0, 0.1) is 5.82 Å². The molecule has 82 valence electrons. The smallest absolute Gasteiger partial charge is 0.142 e. The van der Waals surface area contributed by atoms with Crippen molar-refractivity contribution >= 4 is 11.6 Å². The number of benzene rings is 1. The summed E-state index contributed by atoms with van der Waals surface area (Å²) in [6.45, 7) is 3.25. The highest BCUT2D eigenvalue weighted by Gasteiger charge is 2.28. The van der Waals surface area contributed by atoms with Gasteiger partial charge in [0.05, 0.1) is 5.02 Å². The van der Waals surface area contributed by atoms with Crippen LogP contribution in [0.4, 0.5) is 4.39 Å². The molecule has 2 rings (SSSR count). The van der Waals surface area contributed by atoms with Gasteiger partial charge in [0, 0.05) is 5.54 Å². The Bertz CT molecular complexity index is 359. The van der Waals surface area contributed by atoms with Crippen LogP contribution in [0.25, 0.3) is 0 Å². The molecule has 1 N–H and O–H groups in total. The number of hydrogen-bond donors (Lipinski definition) is 1. The topological polar surface area (TPSA) is 12.0 Å². The van der Waals surface area contributed by atoms with E-state index in [1.54, 1.807) is 6.07 Å². The standard InChI is InChI=1S/C12H15ClFN/c1-12(5-2-6-15-12)8-9-3-4-10(13)11(14)7-9/h3-4,7,15H,2,5-6,8H2,1H3/t12-/m1/s1. The van der Waals surface area contributed by atoms with Crippen LogP contribution in [0.15, 0.2) is 18.2 Å². The van der Waals surface area contributed by atoms with Crippen molar-refractivity contribution in [2.45, 2.75) is 31.7 Å². The summed E-state index contributed by atoms with van der Waals surface area (Å²) in [5, 5.41) is 3.66. The highest BCUT2D eigenvalue weighted by molar-refractivity contribution is 6.30. The summed E-state index contributed by atoms with van der Waals surface area (Å²) in [6, 6.07) is 5.06. The maximum Gasteiger partial charge on any atom is 0.142 e. The normalized spacial score (nSPS) is 25.8. The van der Waals surface area contributed by atoms with E-state index in [0.717, 1.165) is 24.9 Å². The molecule has 1 aliphatic rings. The summed E-state index contributed by atoms with van der Waals surface area (Å²) in [4.78, 5) is 0. The van der Waals surface area contributed by atoms with E-state index in [9.17, 15) is 4.39 Å². The second-order valence-electron chi connectivity index (χ2n) is 4.52. The first-order valence-corrected chi connectivity index (χ1v) is 5.66. The molecule has 15 heavy (non-hydrogen) atoms. The van der Waals surface area contributed by atoms with Crippen LogP contribution in [0.3, 0.4) is 0 Å². The van der Waals surface area contributed by atoms with Crippen LogP contribution in [0.1, 0.15) is 25.3 Å². The molecule has 0 aliphatic carbocycles. The molecule has 0 amide bonds. The van der Waals surface area contributed by atoms with Gasteiger partial charge in [-0.05, 0) is 50.4 Å². The molecule has 0 spiro atoms. The Hall–Kier alpha value is -0.600. The third-order valence-corrected chi connectivity index (χ3v) is 3.34.